The van der Waals surface area contributed by atoms with Gasteiger partial charge in [-0.2, -0.15) is 0 Å². The fourth-order valence-electron chi connectivity index (χ4n) is 4.17. The molecule has 0 spiro atoms. The second-order valence-corrected chi connectivity index (χ2v) is 9.36. The SMILES string of the molecule is COc1cc(F)ccc1[C@@H](c1ccc(F)cc1)[C@H](C)OC(=O)[C@H](C)CC(=S)c1nccc(OC)c1OC(C)=O. The summed E-state index contributed by atoms with van der Waals surface area (Å²) in [6.07, 6.45) is 0.795. The molecule has 2 aromatic carbocycles. The summed E-state index contributed by atoms with van der Waals surface area (Å²) in [5, 5.41) is 0. The number of rotatable bonds is 11. The smallest absolute Gasteiger partial charge is 0.309 e. The number of hydrogen-bond acceptors (Lipinski definition) is 8. The number of methoxy groups -OCH3 is 2. The molecule has 0 bridgehead atoms. The molecule has 0 aliphatic rings. The molecule has 3 atom stereocenters. The number of carbonyl (C=O) groups excluding carboxylic acids is 2. The Hall–Kier alpha value is -3.92. The summed E-state index contributed by atoms with van der Waals surface area (Å²) in [6.45, 7) is 4.59. The molecule has 1 heterocycles. The molecule has 0 N–H and O–H groups in total. The Kier molecular flexibility index (Phi) is 10.1. The van der Waals surface area contributed by atoms with E-state index in [1.54, 1.807) is 32.0 Å². The molecule has 0 saturated heterocycles. The Labute approximate surface area is 231 Å². The van der Waals surface area contributed by atoms with Crippen molar-refractivity contribution < 1.29 is 37.3 Å². The fraction of sp³-hybridized carbons (Fsp3) is 0.310. The molecule has 10 heteroatoms. The molecule has 0 fully saturated rings. The van der Waals surface area contributed by atoms with Gasteiger partial charge >= 0.3 is 11.9 Å². The van der Waals surface area contributed by atoms with E-state index in [1.165, 1.54) is 57.7 Å². The van der Waals surface area contributed by atoms with E-state index < -0.39 is 41.5 Å². The van der Waals surface area contributed by atoms with Crippen molar-refractivity contribution in [3.8, 4) is 17.2 Å². The molecule has 3 rings (SSSR count). The Morgan fingerprint density at radius 1 is 0.949 bits per heavy atom. The molecule has 0 aliphatic heterocycles. The van der Waals surface area contributed by atoms with Crippen molar-refractivity contribution in [1.82, 2.24) is 4.98 Å². The Bertz CT molecular complexity index is 1350. The third-order valence-electron chi connectivity index (χ3n) is 6.02. The number of pyridine rings is 1. The topological polar surface area (TPSA) is 84.0 Å². The summed E-state index contributed by atoms with van der Waals surface area (Å²) in [5.74, 6) is -2.69. The maximum absolute atomic E-state index is 13.9. The summed E-state index contributed by atoms with van der Waals surface area (Å²) in [6, 6.07) is 11.4. The highest BCUT2D eigenvalue weighted by molar-refractivity contribution is 7.80. The molecule has 0 radical (unpaired) electrons. The average molecular weight is 558 g/mol. The molecule has 39 heavy (non-hydrogen) atoms. The lowest BCUT2D eigenvalue weighted by molar-refractivity contribution is -0.153. The van der Waals surface area contributed by atoms with Crippen molar-refractivity contribution >= 4 is 29.0 Å². The lowest BCUT2D eigenvalue weighted by Crippen LogP contribution is -2.28. The van der Waals surface area contributed by atoms with E-state index in [-0.39, 0.29) is 34.2 Å². The van der Waals surface area contributed by atoms with Crippen molar-refractivity contribution in [1.29, 1.82) is 0 Å². The van der Waals surface area contributed by atoms with Gasteiger partial charge in [0.05, 0.1) is 20.1 Å². The Balaban J connectivity index is 1.84. The molecule has 0 aliphatic carbocycles. The summed E-state index contributed by atoms with van der Waals surface area (Å²) in [4.78, 5) is 29.3. The van der Waals surface area contributed by atoms with E-state index in [0.29, 0.717) is 11.1 Å². The van der Waals surface area contributed by atoms with Crippen molar-refractivity contribution in [2.45, 2.75) is 39.2 Å². The number of aromatic nitrogens is 1. The monoisotopic (exact) mass is 557 g/mol. The first-order valence-electron chi connectivity index (χ1n) is 12.1. The second kappa shape index (κ2) is 13.2. The van der Waals surface area contributed by atoms with Gasteiger partial charge in [-0.15, -0.1) is 0 Å². The van der Waals surface area contributed by atoms with Crippen LogP contribution < -0.4 is 14.2 Å². The van der Waals surface area contributed by atoms with Crippen LogP contribution in [0.4, 0.5) is 8.78 Å². The number of ether oxygens (including phenoxy) is 4. The van der Waals surface area contributed by atoms with Gasteiger partial charge in [-0.3, -0.25) is 14.6 Å². The highest BCUT2D eigenvalue weighted by atomic mass is 32.1. The van der Waals surface area contributed by atoms with E-state index in [0.717, 1.165) is 0 Å². The maximum atomic E-state index is 13.9. The van der Waals surface area contributed by atoms with E-state index in [4.69, 9.17) is 31.2 Å². The predicted octanol–water partition coefficient (Wildman–Crippen LogP) is 5.81. The number of halogens is 2. The van der Waals surface area contributed by atoms with Gasteiger partial charge in [0.1, 0.15) is 29.2 Å². The van der Waals surface area contributed by atoms with Gasteiger partial charge in [-0.25, -0.2) is 8.78 Å². The normalized spacial score (nSPS) is 13.1. The molecule has 206 valence electrons. The van der Waals surface area contributed by atoms with Crippen LogP contribution in [0, 0.1) is 17.6 Å². The largest absolute Gasteiger partial charge is 0.496 e. The van der Waals surface area contributed by atoms with E-state index in [2.05, 4.69) is 4.98 Å². The quantitative estimate of drug-likeness (QED) is 0.166. The van der Waals surface area contributed by atoms with Gasteiger partial charge in [0.25, 0.3) is 0 Å². The van der Waals surface area contributed by atoms with Crippen LogP contribution in [0.2, 0.25) is 0 Å². The zero-order valence-electron chi connectivity index (χ0n) is 22.2. The van der Waals surface area contributed by atoms with Crippen LogP contribution in [0.5, 0.6) is 17.2 Å². The first-order chi connectivity index (χ1) is 18.5. The highest BCUT2D eigenvalue weighted by Gasteiger charge is 2.30. The van der Waals surface area contributed by atoms with Gasteiger partial charge in [0.2, 0.25) is 0 Å². The van der Waals surface area contributed by atoms with E-state index >= 15 is 0 Å². The molecular weight excluding hydrogens is 528 g/mol. The number of benzene rings is 2. The highest BCUT2D eigenvalue weighted by Crippen LogP contribution is 2.37. The Morgan fingerprint density at radius 3 is 2.21 bits per heavy atom. The van der Waals surface area contributed by atoms with Gasteiger partial charge < -0.3 is 18.9 Å². The van der Waals surface area contributed by atoms with Crippen molar-refractivity contribution in [3.63, 3.8) is 0 Å². The molecule has 3 aromatic rings. The lowest BCUT2D eigenvalue weighted by atomic mass is 9.86. The summed E-state index contributed by atoms with van der Waals surface area (Å²) in [5.41, 5.74) is 1.43. The number of esters is 2. The first-order valence-corrected chi connectivity index (χ1v) is 12.5. The first kappa shape index (κ1) is 29.6. The van der Waals surface area contributed by atoms with Crippen LogP contribution >= 0.6 is 12.2 Å². The lowest BCUT2D eigenvalue weighted by Gasteiger charge is -2.27. The van der Waals surface area contributed by atoms with Gasteiger partial charge in [-0.1, -0.05) is 37.3 Å². The minimum atomic E-state index is -0.745. The number of carbonyl (C=O) groups is 2. The van der Waals surface area contributed by atoms with Gasteiger partial charge in [0.15, 0.2) is 11.5 Å². The molecular formula is C29H29F2NO6S. The zero-order chi connectivity index (χ0) is 28.7. The van der Waals surface area contributed by atoms with Gasteiger partial charge in [0, 0.05) is 41.6 Å². The van der Waals surface area contributed by atoms with E-state index in [9.17, 15) is 18.4 Å². The molecule has 7 nitrogen and oxygen atoms in total. The molecule has 0 unspecified atom stereocenters. The second-order valence-electron chi connectivity index (χ2n) is 8.87. The third-order valence-corrected chi connectivity index (χ3v) is 6.38. The van der Waals surface area contributed by atoms with Crippen LogP contribution in [0.15, 0.2) is 54.7 Å². The number of thiocarbonyl (C=S) groups is 1. The van der Waals surface area contributed by atoms with Crippen LogP contribution in [0.3, 0.4) is 0 Å². The van der Waals surface area contributed by atoms with Crippen LogP contribution in [-0.4, -0.2) is 42.1 Å². The fourth-order valence-corrected chi connectivity index (χ4v) is 4.57. The van der Waals surface area contributed by atoms with Crippen molar-refractivity contribution in [3.05, 3.63) is 83.2 Å². The maximum Gasteiger partial charge on any atom is 0.309 e. The zero-order valence-corrected chi connectivity index (χ0v) is 23.0. The third kappa shape index (κ3) is 7.35. The van der Waals surface area contributed by atoms with Gasteiger partial charge in [-0.05, 0) is 37.1 Å². The minimum Gasteiger partial charge on any atom is -0.496 e. The summed E-state index contributed by atoms with van der Waals surface area (Å²) in [7, 11) is 2.83. The average Bonchev–Trinajstić information content (AvgIpc) is 2.90. The number of nitrogens with zero attached hydrogens (tertiary/aromatic N) is 1. The molecule has 1 aromatic heterocycles. The predicted molar refractivity (Wildman–Crippen MR) is 144 cm³/mol. The summed E-state index contributed by atoms with van der Waals surface area (Å²) < 4.78 is 49.3. The molecule has 0 saturated carbocycles. The van der Waals surface area contributed by atoms with Crippen LogP contribution in [0.1, 0.15) is 49.9 Å². The van der Waals surface area contributed by atoms with Crippen LogP contribution in [-0.2, 0) is 14.3 Å². The standard InChI is InChI=1S/C29H29F2NO6S/c1-16(14-25(39)27-28(38-18(3)33)23(35-4)12-13-32-27)29(34)37-17(2)26(19-6-8-20(30)9-7-19)22-11-10-21(31)15-24(22)36-5/h6-13,15-17,26H,14H2,1-5H3/t16-,17+,26-/m1/s1. The van der Waals surface area contributed by atoms with Crippen LogP contribution in [0.25, 0.3) is 0 Å². The van der Waals surface area contributed by atoms with Crippen molar-refractivity contribution in [2.24, 2.45) is 5.92 Å². The summed E-state index contributed by atoms with van der Waals surface area (Å²) >= 11 is 5.53. The Morgan fingerprint density at radius 2 is 1.59 bits per heavy atom. The number of hydrogen-bond donors (Lipinski definition) is 0. The minimum absolute atomic E-state index is 0.0752. The van der Waals surface area contributed by atoms with Crippen molar-refractivity contribution in [2.75, 3.05) is 14.2 Å². The van der Waals surface area contributed by atoms with E-state index in [1.807, 2.05) is 0 Å². The molecule has 0 amide bonds.